The van der Waals surface area contributed by atoms with Crippen LogP contribution in [0.25, 0.3) is 0 Å². The molecular formula is C23H28N2O2. The van der Waals surface area contributed by atoms with Crippen LogP contribution in [-0.4, -0.2) is 41.8 Å². The maximum atomic E-state index is 12.3. The third-order valence-corrected chi connectivity index (χ3v) is 5.94. The molecule has 0 aromatic heterocycles. The summed E-state index contributed by atoms with van der Waals surface area (Å²) in [4.78, 5) is 16.3. The van der Waals surface area contributed by atoms with Gasteiger partial charge in [-0.1, -0.05) is 48.5 Å². The van der Waals surface area contributed by atoms with Crippen molar-refractivity contribution in [3.63, 3.8) is 0 Å². The van der Waals surface area contributed by atoms with E-state index in [0.29, 0.717) is 12.8 Å². The third kappa shape index (κ3) is 4.23. The van der Waals surface area contributed by atoms with Gasteiger partial charge < -0.3 is 10.0 Å². The number of hydrogen-bond donors (Lipinski definition) is 1. The lowest BCUT2D eigenvalue weighted by Gasteiger charge is -2.33. The minimum absolute atomic E-state index is 0.00488. The molecular weight excluding hydrogens is 336 g/mol. The molecule has 0 spiro atoms. The van der Waals surface area contributed by atoms with Crippen LogP contribution in [0.2, 0.25) is 0 Å². The molecule has 142 valence electrons. The van der Waals surface area contributed by atoms with Crippen LogP contribution in [0.3, 0.4) is 0 Å². The average Bonchev–Trinajstić information content (AvgIpc) is 3.04. The zero-order valence-electron chi connectivity index (χ0n) is 15.8. The predicted octanol–water partition coefficient (Wildman–Crippen LogP) is 3.24. The Bertz CT molecular complexity index is 769. The number of rotatable bonds is 6. The Morgan fingerprint density at radius 3 is 2.48 bits per heavy atom. The largest absolute Gasteiger partial charge is 0.373 e. The number of aliphatic hydroxyl groups is 1. The molecule has 1 unspecified atom stereocenters. The zero-order valence-corrected chi connectivity index (χ0v) is 15.8. The lowest BCUT2D eigenvalue weighted by molar-refractivity contribution is -0.119. The lowest BCUT2D eigenvalue weighted by Crippen LogP contribution is -2.42. The first-order valence-corrected chi connectivity index (χ1v) is 10.0. The Labute approximate surface area is 161 Å². The van der Waals surface area contributed by atoms with Gasteiger partial charge in [0.2, 0.25) is 5.91 Å². The second kappa shape index (κ2) is 8.24. The third-order valence-electron chi connectivity index (χ3n) is 5.94. The molecule has 4 rings (SSSR count). The van der Waals surface area contributed by atoms with Crippen LogP contribution < -0.4 is 4.90 Å². The van der Waals surface area contributed by atoms with Gasteiger partial charge in [-0.25, -0.2) is 0 Å². The van der Waals surface area contributed by atoms with Gasteiger partial charge in [-0.15, -0.1) is 0 Å². The molecule has 2 aromatic carbocycles. The van der Waals surface area contributed by atoms with Crippen molar-refractivity contribution < 1.29 is 9.90 Å². The Balaban J connectivity index is 1.25. The topological polar surface area (TPSA) is 43.8 Å². The molecule has 0 bridgehead atoms. The van der Waals surface area contributed by atoms with Crippen molar-refractivity contribution in [3.05, 3.63) is 65.7 Å². The van der Waals surface area contributed by atoms with E-state index in [9.17, 15) is 9.90 Å². The van der Waals surface area contributed by atoms with Crippen molar-refractivity contribution in [1.29, 1.82) is 0 Å². The minimum atomic E-state index is -0.733. The summed E-state index contributed by atoms with van der Waals surface area (Å²) in [6.45, 7) is 2.99. The number of amides is 1. The fourth-order valence-corrected chi connectivity index (χ4v) is 4.39. The number of likely N-dealkylation sites (tertiary alicyclic amines) is 1. The lowest BCUT2D eigenvalue weighted by atomic mass is 9.90. The highest BCUT2D eigenvalue weighted by atomic mass is 16.3. The molecule has 0 aliphatic carbocycles. The number of para-hydroxylation sites is 1. The van der Waals surface area contributed by atoms with Gasteiger partial charge in [0.25, 0.3) is 0 Å². The summed E-state index contributed by atoms with van der Waals surface area (Å²) in [5.41, 5.74) is 3.32. The fourth-order valence-electron chi connectivity index (χ4n) is 4.39. The molecule has 4 heteroatoms. The first kappa shape index (κ1) is 18.2. The molecule has 2 aliphatic rings. The molecule has 0 radical (unpaired) electrons. The summed E-state index contributed by atoms with van der Waals surface area (Å²) >= 11 is 0. The summed E-state index contributed by atoms with van der Waals surface area (Å²) in [6, 6.07) is 18.5. The number of piperidine rings is 1. The van der Waals surface area contributed by atoms with Gasteiger partial charge in [0.05, 0.1) is 6.42 Å². The zero-order chi connectivity index (χ0) is 18.6. The smallest absolute Gasteiger partial charge is 0.233 e. The Morgan fingerprint density at radius 1 is 1.00 bits per heavy atom. The molecule has 4 nitrogen and oxygen atoms in total. The van der Waals surface area contributed by atoms with E-state index < -0.39 is 6.23 Å². The summed E-state index contributed by atoms with van der Waals surface area (Å²) in [6.07, 6.45) is 3.84. The number of nitrogens with zero attached hydrogens (tertiary/aromatic N) is 2. The van der Waals surface area contributed by atoms with Crippen LogP contribution in [0, 0.1) is 5.92 Å². The monoisotopic (exact) mass is 364 g/mol. The highest BCUT2D eigenvalue weighted by Crippen LogP contribution is 2.30. The molecule has 1 N–H and O–H groups in total. The van der Waals surface area contributed by atoms with E-state index in [1.807, 2.05) is 24.3 Å². The molecule has 1 fully saturated rings. The highest BCUT2D eigenvalue weighted by Gasteiger charge is 2.32. The first-order chi connectivity index (χ1) is 13.2. The number of anilines is 1. The van der Waals surface area contributed by atoms with Crippen LogP contribution in [0.15, 0.2) is 54.6 Å². The highest BCUT2D eigenvalue weighted by molar-refractivity contribution is 6.01. The molecule has 1 amide bonds. The van der Waals surface area contributed by atoms with Gasteiger partial charge >= 0.3 is 0 Å². The average molecular weight is 364 g/mol. The van der Waals surface area contributed by atoms with Crippen LogP contribution >= 0.6 is 0 Å². The van der Waals surface area contributed by atoms with Gasteiger partial charge in [-0.3, -0.25) is 9.69 Å². The van der Waals surface area contributed by atoms with Gasteiger partial charge in [-0.2, -0.15) is 0 Å². The molecule has 2 aromatic rings. The second-order valence-corrected chi connectivity index (χ2v) is 7.81. The van der Waals surface area contributed by atoms with Crippen molar-refractivity contribution in [1.82, 2.24) is 4.90 Å². The van der Waals surface area contributed by atoms with Gasteiger partial charge in [0, 0.05) is 18.7 Å². The first-order valence-electron chi connectivity index (χ1n) is 10.0. The van der Waals surface area contributed by atoms with E-state index in [0.717, 1.165) is 43.2 Å². The van der Waals surface area contributed by atoms with E-state index in [2.05, 4.69) is 35.2 Å². The molecule has 2 heterocycles. The standard InChI is InChI=1S/C23H28N2O2/c26-22(25-21-9-5-4-8-20(21)17-23(25)27)12-15-24-13-10-19(11-14-24)16-18-6-2-1-3-7-18/h1-9,19,22,26H,10-17H2. The van der Waals surface area contributed by atoms with Gasteiger partial charge in [-0.05, 0) is 55.5 Å². The fraction of sp³-hybridized carbons (Fsp3) is 0.435. The van der Waals surface area contributed by atoms with E-state index in [4.69, 9.17) is 0 Å². The summed E-state index contributed by atoms with van der Waals surface area (Å²) < 4.78 is 0. The second-order valence-electron chi connectivity index (χ2n) is 7.81. The SMILES string of the molecule is O=C1Cc2ccccc2N1C(O)CCN1CCC(Cc2ccccc2)CC1. The van der Waals surface area contributed by atoms with Crippen molar-refractivity contribution in [2.24, 2.45) is 5.92 Å². The maximum Gasteiger partial charge on any atom is 0.233 e. The van der Waals surface area contributed by atoms with Crippen molar-refractivity contribution in [2.45, 2.75) is 38.3 Å². The van der Waals surface area contributed by atoms with E-state index in [1.165, 1.54) is 18.4 Å². The minimum Gasteiger partial charge on any atom is -0.373 e. The van der Waals surface area contributed by atoms with E-state index >= 15 is 0 Å². The number of benzene rings is 2. The summed E-state index contributed by atoms with van der Waals surface area (Å²) in [5.74, 6) is 0.755. The van der Waals surface area contributed by atoms with Gasteiger partial charge in [0.15, 0.2) is 0 Å². The van der Waals surface area contributed by atoms with Crippen molar-refractivity contribution in [3.8, 4) is 0 Å². The predicted molar refractivity (Wildman–Crippen MR) is 108 cm³/mol. The van der Waals surface area contributed by atoms with Crippen molar-refractivity contribution in [2.75, 3.05) is 24.5 Å². The molecule has 1 saturated heterocycles. The van der Waals surface area contributed by atoms with Crippen molar-refractivity contribution >= 4 is 11.6 Å². The Kier molecular flexibility index (Phi) is 5.55. The number of aliphatic hydroxyl groups excluding tert-OH is 1. The molecule has 2 aliphatic heterocycles. The van der Waals surface area contributed by atoms with E-state index in [1.54, 1.807) is 4.90 Å². The summed E-state index contributed by atoms with van der Waals surface area (Å²) in [7, 11) is 0. The maximum absolute atomic E-state index is 12.3. The quantitative estimate of drug-likeness (QED) is 0.856. The van der Waals surface area contributed by atoms with E-state index in [-0.39, 0.29) is 5.91 Å². The number of carbonyl (C=O) groups is 1. The van der Waals surface area contributed by atoms with Gasteiger partial charge in [0.1, 0.15) is 6.23 Å². The van der Waals surface area contributed by atoms with Crippen LogP contribution in [-0.2, 0) is 17.6 Å². The van der Waals surface area contributed by atoms with Crippen LogP contribution in [0.5, 0.6) is 0 Å². The number of carbonyl (C=O) groups excluding carboxylic acids is 1. The Morgan fingerprint density at radius 2 is 1.70 bits per heavy atom. The normalized spacial score (nSPS) is 19.3. The Hall–Kier alpha value is -2.17. The molecule has 27 heavy (non-hydrogen) atoms. The molecule has 0 saturated carbocycles. The van der Waals surface area contributed by atoms with Crippen LogP contribution in [0.1, 0.15) is 30.4 Å². The molecule has 1 atom stereocenters. The van der Waals surface area contributed by atoms with Crippen LogP contribution in [0.4, 0.5) is 5.69 Å². The number of hydrogen-bond acceptors (Lipinski definition) is 3. The summed E-state index contributed by atoms with van der Waals surface area (Å²) in [5, 5.41) is 10.6. The number of fused-ring (bicyclic) bond motifs is 1.